The number of nitrogens with zero attached hydrogens (tertiary/aromatic N) is 1. The van der Waals surface area contributed by atoms with E-state index >= 15 is 0 Å². The van der Waals surface area contributed by atoms with Crippen LogP contribution in [0.25, 0.3) is 16.3 Å². The van der Waals surface area contributed by atoms with Crippen LogP contribution >= 0.6 is 0 Å². The van der Waals surface area contributed by atoms with Crippen molar-refractivity contribution < 1.29 is 4.79 Å². The molecule has 1 aromatic carbocycles. The molecule has 0 amide bonds. The van der Waals surface area contributed by atoms with Crippen LogP contribution in [0.5, 0.6) is 0 Å². The van der Waals surface area contributed by atoms with Crippen LogP contribution < -0.4 is 5.73 Å². The Bertz CT molecular complexity index is 917. The van der Waals surface area contributed by atoms with E-state index in [2.05, 4.69) is 43.1 Å². The van der Waals surface area contributed by atoms with E-state index in [1.54, 1.807) is 6.20 Å². The fourth-order valence-corrected chi connectivity index (χ4v) is 3.07. The van der Waals surface area contributed by atoms with Crippen molar-refractivity contribution in [2.24, 2.45) is 0 Å². The summed E-state index contributed by atoms with van der Waals surface area (Å²) in [6.07, 6.45) is 7.32. The molecule has 0 aliphatic rings. The van der Waals surface area contributed by atoms with Crippen molar-refractivity contribution in [3.05, 3.63) is 64.9 Å². The second kappa shape index (κ2) is 8.61. The molecule has 0 aliphatic carbocycles. The van der Waals surface area contributed by atoms with Gasteiger partial charge in [-0.05, 0) is 67.5 Å². The minimum Gasteiger partial charge on any atom is -0.384 e. The average Bonchev–Trinajstić information content (AvgIpc) is 2.65. The van der Waals surface area contributed by atoms with E-state index in [-0.39, 0.29) is 5.78 Å². The van der Waals surface area contributed by atoms with E-state index in [9.17, 15) is 4.79 Å². The number of benzene rings is 1. The van der Waals surface area contributed by atoms with Crippen molar-refractivity contribution in [3.8, 4) is 0 Å². The molecule has 0 radical (unpaired) electrons. The SMILES string of the molecule is C\C=C(/C(C)=C\C(C(=O)CC)=C(/C)CC)c1ccc2cc(N)ncc2c1. The van der Waals surface area contributed by atoms with Gasteiger partial charge in [-0.15, -0.1) is 0 Å². The Labute approximate surface area is 156 Å². The fraction of sp³-hybridized carbons (Fsp3) is 0.304. The molecule has 3 nitrogen and oxygen atoms in total. The zero-order valence-corrected chi connectivity index (χ0v) is 16.4. The number of hydrogen-bond acceptors (Lipinski definition) is 3. The summed E-state index contributed by atoms with van der Waals surface area (Å²) in [5.41, 5.74) is 11.0. The molecule has 1 heterocycles. The van der Waals surface area contributed by atoms with E-state index < -0.39 is 0 Å². The second-order valence-electron chi connectivity index (χ2n) is 6.53. The molecule has 0 fully saturated rings. The van der Waals surface area contributed by atoms with Gasteiger partial charge in [-0.2, -0.15) is 0 Å². The van der Waals surface area contributed by atoms with E-state index in [4.69, 9.17) is 5.73 Å². The van der Waals surface area contributed by atoms with Crippen LogP contribution in [0.2, 0.25) is 0 Å². The Hall–Kier alpha value is -2.68. The third kappa shape index (κ3) is 4.29. The van der Waals surface area contributed by atoms with Gasteiger partial charge in [0.05, 0.1) is 0 Å². The summed E-state index contributed by atoms with van der Waals surface area (Å²) in [7, 11) is 0. The van der Waals surface area contributed by atoms with Crippen LogP contribution in [-0.4, -0.2) is 10.8 Å². The third-order valence-corrected chi connectivity index (χ3v) is 4.74. The van der Waals surface area contributed by atoms with Crippen LogP contribution in [0.15, 0.2) is 59.3 Å². The molecule has 26 heavy (non-hydrogen) atoms. The first-order chi connectivity index (χ1) is 12.4. The Morgan fingerprint density at radius 2 is 1.85 bits per heavy atom. The number of nitrogen functional groups attached to an aromatic ring is 1. The van der Waals surface area contributed by atoms with Gasteiger partial charge in [0, 0.05) is 23.6 Å². The number of aromatic nitrogens is 1. The maximum atomic E-state index is 12.4. The van der Waals surface area contributed by atoms with Gasteiger partial charge in [0.25, 0.3) is 0 Å². The fourth-order valence-electron chi connectivity index (χ4n) is 3.07. The predicted molar refractivity (Wildman–Crippen MR) is 112 cm³/mol. The lowest BCUT2D eigenvalue weighted by molar-refractivity contribution is -0.115. The number of carbonyl (C=O) groups is 1. The number of rotatable bonds is 6. The highest BCUT2D eigenvalue weighted by Crippen LogP contribution is 2.28. The first-order valence-corrected chi connectivity index (χ1v) is 9.14. The standard InChI is InChI=1S/C23H28N2O/c1-6-15(4)21(22(26)8-3)11-16(5)20(7-2)18-10-9-17-13-23(24)25-14-19(17)12-18/h7,9-14H,6,8H2,1-5H3,(H2,24,25)/b16-11-,20-7+,21-15-. The molecule has 0 bridgehead atoms. The van der Waals surface area contributed by atoms with Crippen molar-refractivity contribution in [1.82, 2.24) is 4.98 Å². The van der Waals surface area contributed by atoms with Gasteiger partial charge in [0.15, 0.2) is 5.78 Å². The van der Waals surface area contributed by atoms with Crippen LogP contribution in [-0.2, 0) is 4.79 Å². The normalized spacial score (nSPS) is 13.7. The number of anilines is 1. The van der Waals surface area contributed by atoms with Crippen LogP contribution in [0.1, 0.15) is 53.0 Å². The topological polar surface area (TPSA) is 56.0 Å². The maximum absolute atomic E-state index is 12.4. The number of fused-ring (bicyclic) bond motifs is 1. The van der Waals surface area contributed by atoms with Gasteiger partial charge < -0.3 is 5.73 Å². The first-order valence-electron chi connectivity index (χ1n) is 9.14. The molecule has 0 aliphatic heterocycles. The minimum absolute atomic E-state index is 0.192. The molecule has 0 saturated carbocycles. The van der Waals surface area contributed by atoms with Gasteiger partial charge in [-0.1, -0.05) is 37.6 Å². The molecular weight excluding hydrogens is 320 g/mol. The highest BCUT2D eigenvalue weighted by Gasteiger charge is 2.11. The number of carbonyl (C=O) groups excluding carboxylic acids is 1. The third-order valence-electron chi connectivity index (χ3n) is 4.74. The first kappa shape index (κ1) is 19.6. The quantitative estimate of drug-likeness (QED) is 0.524. The van der Waals surface area contributed by atoms with Crippen LogP contribution in [0, 0.1) is 0 Å². The number of nitrogens with two attached hydrogens (primary N) is 1. The molecule has 0 spiro atoms. The van der Waals surface area contributed by atoms with Gasteiger partial charge in [0.1, 0.15) is 5.82 Å². The zero-order valence-electron chi connectivity index (χ0n) is 16.4. The number of pyridine rings is 1. The van der Waals surface area contributed by atoms with Crippen molar-refractivity contribution in [1.29, 1.82) is 0 Å². The van der Waals surface area contributed by atoms with E-state index in [1.807, 2.05) is 32.9 Å². The predicted octanol–water partition coefficient (Wildman–Crippen LogP) is 5.87. The Kier molecular flexibility index (Phi) is 6.51. The lowest BCUT2D eigenvalue weighted by atomic mass is 9.92. The smallest absolute Gasteiger partial charge is 0.162 e. The number of Topliss-reactive ketones (excluding diaryl/α,β-unsaturated/α-hetero) is 1. The largest absolute Gasteiger partial charge is 0.384 e. The zero-order chi connectivity index (χ0) is 19.3. The van der Waals surface area contributed by atoms with Gasteiger partial charge >= 0.3 is 0 Å². The van der Waals surface area contributed by atoms with Crippen molar-refractivity contribution in [2.45, 2.75) is 47.5 Å². The van der Waals surface area contributed by atoms with Gasteiger partial charge in [-0.3, -0.25) is 4.79 Å². The molecule has 3 heteroatoms. The Morgan fingerprint density at radius 1 is 1.12 bits per heavy atom. The van der Waals surface area contributed by atoms with Crippen LogP contribution in [0.3, 0.4) is 0 Å². The molecule has 2 aromatic rings. The second-order valence-corrected chi connectivity index (χ2v) is 6.53. The van der Waals surface area contributed by atoms with E-state index in [0.717, 1.165) is 45.0 Å². The molecular formula is C23H28N2O. The van der Waals surface area contributed by atoms with Crippen molar-refractivity contribution in [2.75, 3.05) is 5.73 Å². The molecule has 0 atom stereocenters. The van der Waals surface area contributed by atoms with Crippen molar-refractivity contribution in [3.63, 3.8) is 0 Å². The molecule has 2 rings (SSSR count). The molecule has 0 unspecified atom stereocenters. The summed E-state index contributed by atoms with van der Waals surface area (Å²) >= 11 is 0. The molecule has 136 valence electrons. The lowest BCUT2D eigenvalue weighted by Gasteiger charge is -2.12. The van der Waals surface area contributed by atoms with Crippen LogP contribution in [0.4, 0.5) is 5.82 Å². The molecule has 0 saturated heterocycles. The van der Waals surface area contributed by atoms with Gasteiger partial charge in [-0.25, -0.2) is 4.98 Å². The molecule has 2 N–H and O–H groups in total. The highest BCUT2D eigenvalue weighted by atomic mass is 16.1. The summed E-state index contributed by atoms with van der Waals surface area (Å²) in [4.78, 5) is 16.5. The van der Waals surface area contributed by atoms with Gasteiger partial charge in [0.2, 0.25) is 0 Å². The lowest BCUT2D eigenvalue weighted by Crippen LogP contribution is -2.02. The summed E-state index contributed by atoms with van der Waals surface area (Å²) in [5.74, 6) is 0.716. The summed E-state index contributed by atoms with van der Waals surface area (Å²) < 4.78 is 0. The highest BCUT2D eigenvalue weighted by molar-refractivity contribution is 6.00. The summed E-state index contributed by atoms with van der Waals surface area (Å²) in [6.45, 7) is 10.1. The monoisotopic (exact) mass is 348 g/mol. The Balaban J connectivity index is 2.50. The number of allylic oxidation sites excluding steroid dienone is 6. The summed E-state index contributed by atoms with van der Waals surface area (Å²) in [6, 6.07) is 8.14. The van der Waals surface area contributed by atoms with Crippen molar-refractivity contribution >= 4 is 27.9 Å². The summed E-state index contributed by atoms with van der Waals surface area (Å²) in [5, 5.41) is 2.12. The Morgan fingerprint density at radius 3 is 2.46 bits per heavy atom. The number of ketones is 1. The molecule has 1 aromatic heterocycles. The number of hydrogen-bond donors (Lipinski definition) is 1. The van der Waals surface area contributed by atoms with E-state index in [0.29, 0.717) is 12.2 Å². The maximum Gasteiger partial charge on any atom is 0.162 e. The minimum atomic E-state index is 0.192. The average molecular weight is 348 g/mol. The van der Waals surface area contributed by atoms with E-state index in [1.165, 1.54) is 0 Å².